The summed E-state index contributed by atoms with van der Waals surface area (Å²) in [5, 5.41) is 26.8. The average Bonchev–Trinajstić information content (AvgIpc) is 2.79. The van der Waals surface area contributed by atoms with E-state index in [1.807, 2.05) is 0 Å². The highest BCUT2D eigenvalue weighted by atomic mass is 16.4. The number of amidine groups is 1. The molecular weight excluding hydrogens is 214 g/mol. The van der Waals surface area contributed by atoms with Crippen molar-refractivity contribution in [3.05, 3.63) is 5.82 Å². The molecule has 1 atom stereocenters. The molecule has 1 aromatic heterocycles. The number of aromatic amines is 1. The number of aromatic nitrogens is 4. The van der Waals surface area contributed by atoms with E-state index in [-0.39, 0.29) is 18.3 Å². The summed E-state index contributed by atoms with van der Waals surface area (Å²) in [7, 11) is 0. The Morgan fingerprint density at radius 3 is 3.00 bits per heavy atom. The number of nitrogens with one attached hydrogen (secondary N) is 2. The average molecular weight is 227 g/mol. The number of tetrazole rings is 1. The molecule has 9 nitrogen and oxygen atoms in total. The number of carbonyl (C=O) groups is 1. The molecule has 0 saturated carbocycles. The van der Waals surface area contributed by atoms with Crippen molar-refractivity contribution >= 4 is 11.7 Å². The highest BCUT2D eigenvalue weighted by Crippen LogP contribution is 2.02. The lowest BCUT2D eigenvalue weighted by Gasteiger charge is -2.11. The van der Waals surface area contributed by atoms with Crippen molar-refractivity contribution < 1.29 is 10.0 Å². The Balaban J connectivity index is 2.50. The van der Waals surface area contributed by atoms with Crippen molar-refractivity contribution in [2.24, 2.45) is 16.8 Å². The number of hydrogen-bond acceptors (Lipinski definition) is 6. The molecule has 9 heteroatoms. The molecule has 0 saturated heterocycles. The lowest BCUT2D eigenvalue weighted by molar-refractivity contribution is -0.123. The van der Waals surface area contributed by atoms with Gasteiger partial charge < -0.3 is 16.3 Å². The molecule has 0 radical (unpaired) electrons. The van der Waals surface area contributed by atoms with Gasteiger partial charge in [-0.15, -0.1) is 10.2 Å². The minimum absolute atomic E-state index is 0.117. The second-order valence-electron chi connectivity index (χ2n) is 3.03. The van der Waals surface area contributed by atoms with E-state index in [4.69, 9.17) is 10.9 Å². The summed E-state index contributed by atoms with van der Waals surface area (Å²) in [5.41, 5.74) is 5.37. The number of hydrogen-bond donors (Lipinski definition) is 4. The summed E-state index contributed by atoms with van der Waals surface area (Å²) >= 11 is 0. The van der Waals surface area contributed by atoms with Crippen LogP contribution in [-0.2, 0) is 11.3 Å². The molecule has 1 aromatic rings. The molecule has 0 fully saturated rings. The number of H-pyrrole nitrogens is 1. The van der Waals surface area contributed by atoms with Crippen LogP contribution in [-0.4, -0.2) is 37.6 Å². The number of carbonyl (C=O) groups excluding carboxylic acids is 1. The van der Waals surface area contributed by atoms with Crippen LogP contribution >= 0.6 is 0 Å². The van der Waals surface area contributed by atoms with Gasteiger partial charge in [0, 0.05) is 0 Å². The van der Waals surface area contributed by atoms with Gasteiger partial charge >= 0.3 is 0 Å². The van der Waals surface area contributed by atoms with Crippen molar-refractivity contribution in [2.75, 3.05) is 0 Å². The smallest absolute Gasteiger partial charge is 0.231 e. The zero-order valence-electron chi connectivity index (χ0n) is 8.71. The number of amides is 1. The summed E-state index contributed by atoms with van der Waals surface area (Å²) in [5.74, 6) is -0.754. The lowest BCUT2D eigenvalue weighted by atomic mass is 10.1. The van der Waals surface area contributed by atoms with E-state index in [1.54, 1.807) is 6.92 Å². The number of oxime groups is 1. The fraction of sp³-hybridized carbons (Fsp3) is 0.571. The Bertz CT molecular complexity index is 361. The van der Waals surface area contributed by atoms with Gasteiger partial charge in [0.15, 0.2) is 11.7 Å². The second kappa shape index (κ2) is 5.63. The standard InChI is InChI=1S/C7H13N7O2/c1-2-4(6(8)12-16)7(15)9-3-5-10-13-14-11-5/h4,16H,2-3H2,1H3,(H2,8,12)(H,9,15)(H,10,11,13,14). The molecule has 1 rings (SSSR count). The zero-order chi connectivity index (χ0) is 12.0. The summed E-state index contributed by atoms with van der Waals surface area (Å²) in [6.45, 7) is 1.90. The fourth-order valence-corrected chi connectivity index (χ4v) is 1.15. The number of rotatable bonds is 5. The highest BCUT2D eigenvalue weighted by Gasteiger charge is 2.21. The van der Waals surface area contributed by atoms with Crippen LogP contribution in [0.25, 0.3) is 0 Å². The van der Waals surface area contributed by atoms with E-state index in [1.165, 1.54) is 0 Å². The molecule has 0 aliphatic rings. The molecule has 0 aromatic carbocycles. The maximum atomic E-state index is 11.6. The van der Waals surface area contributed by atoms with Crippen LogP contribution in [0.15, 0.2) is 5.16 Å². The molecular formula is C7H13N7O2. The highest BCUT2D eigenvalue weighted by molar-refractivity contribution is 6.01. The third-order valence-corrected chi connectivity index (χ3v) is 2.01. The Kier molecular flexibility index (Phi) is 4.18. The predicted octanol–water partition coefficient (Wildman–Crippen LogP) is -1.41. The Hall–Kier alpha value is -2.19. The number of nitrogens with two attached hydrogens (primary N) is 1. The predicted molar refractivity (Wildman–Crippen MR) is 53.2 cm³/mol. The zero-order valence-corrected chi connectivity index (χ0v) is 8.71. The summed E-state index contributed by atoms with van der Waals surface area (Å²) < 4.78 is 0. The molecule has 1 unspecified atom stereocenters. The van der Waals surface area contributed by atoms with Crippen LogP contribution in [0.5, 0.6) is 0 Å². The fourth-order valence-electron chi connectivity index (χ4n) is 1.15. The van der Waals surface area contributed by atoms with Crippen molar-refractivity contribution in [3.8, 4) is 0 Å². The maximum Gasteiger partial charge on any atom is 0.231 e. The van der Waals surface area contributed by atoms with Crippen LogP contribution in [0.3, 0.4) is 0 Å². The monoisotopic (exact) mass is 227 g/mol. The number of nitrogens with zero attached hydrogens (tertiary/aromatic N) is 4. The molecule has 1 amide bonds. The Morgan fingerprint density at radius 2 is 2.50 bits per heavy atom. The molecule has 0 aliphatic heterocycles. The first-order valence-corrected chi connectivity index (χ1v) is 4.66. The largest absolute Gasteiger partial charge is 0.409 e. The van der Waals surface area contributed by atoms with Gasteiger partial charge in [0.25, 0.3) is 0 Å². The van der Waals surface area contributed by atoms with Gasteiger partial charge in [0.1, 0.15) is 0 Å². The van der Waals surface area contributed by atoms with Gasteiger partial charge in [-0.1, -0.05) is 17.3 Å². The molecule has 0 aliphatic carbocycles. The molecule has 5 N–H and O–H groups in total. The molecule has 1 heterocycles. The van der Waals surface area contributed by atoms with E-state index in [0.29, 0.717) is 12.2 Å². The van der Waals surface area contributed by atoms with Gasteiger partial charge in [0.2, 0.25) is 5.91 Å². The lowest BCUT2D eigenvalue weighted by Crippen LogP contribution is -2.38. The van der Waals surface area contributed by atoms with Crippen molar-refractivity contribution in [1.29, 1.82) is 0 Å². The van der Waals surface area contributed by atoms with E-state index in [0.717, 1.165) is 0 Å². The van der Waals surface area contributed by atoms with Gasteiger partial charge in [-0.3, -0.25) is 4.79 Å². The molecule has 16 heavy (non-hydrogen) atoms. The van der Waals surface area contributed by atoms with Crippen LogP contribution in [0.2, 0.25) is 0 Å². The van der Waals surface area contributed by atoms with Gasteiger partial charge in [-0.2, -0.15) is 5.21 Å². The van der Waals surface area contributed by atoms with Crippen molar-refractivity contribution in [1.82, 2.24) is 25.9 Å². The third-order valence-electron chi connectivity index (χ3n) is 2.01. The van der Waals surface area contributed by atoms with E-state index >= 15 is 0 Å². The van der Waals surface area contributed by atoms with Crippen LogP contribution in [0.1, 0.15) is 19.2 Å². The normalized spacial score (nSPS) is 13.4. The van der Waals surface area contributed by atoms with Crippen molar-refractivity contribution in [2.45, 2.75) is 19.9 Å². The van der Waals surface area contributed by atoms with Crippen LogP contribution < -0.4 is 11.1 Å². The van der Waals surface area contributed by atoms with E-state index < -0.39 is 5.92 Å². The van der Waals surface area contributed by atoms with Crippen molar-refractivity contribution in [3.63, 3.8) is 0 Å². The van der Waals surface area contributed by atoms with Gasteiger partial charge in [0.05, 0.1) is 12.5 Å². The Morgan fingerprint density at radius 1 is 1.75 bits per heavy atom. The second-order valence-corrected chi connectivity index (χ2v) is 3.03. The SMILES string of the molecule is CCC(C(=O)NCc1nn[nH]n1)C(N)=NO. The van der Waals surface area contributed by atoms with Gasteiger partial charge in [-0.25, -0.2) is 0 Å². The first kappa shape index (κ1) is 11.9. The topological polar surface area (TPSA) is 142 Å². The maximum absolute atomic E-state index is 11.6. The minimum Gasteiger partial charge on any atom is -0.409 e. The summed E-state index contributed by atoms with van der Waals surface area (Å²) in [6, 6.07) is 0. The van der Waals surface area contributed by atoms with Crippen LogP contribution in [0.4, 0.5) is 0 Å². The molecule has 0 bridgehead atoms. The van der Waals surface area contributed by atoms with E-state index in [2.05, 4.69) is 31.1 Å². The summed E-state index contributed by atoms with van der Waals surface area (Å²) in [4.78, 5) is 11.6. The first-order valence-electron chi connectivity index (χ1n) is 4.66. The quantitative estimate of drug-likeness (QED) is 0.210. The summed E-state index contributed by atoms with van der Waals surface area (Å²) in [6.07, 6.45) is 0.438. The van der Waals surface area contributed by atoms with Gasteiger partial charge in [-0.05, 0) is 6.42 Å². The molecule has 88 valence electrons. The van der Waals surface area contributed by atoms with Crippen LogP contribution in [0, 0.1) is 5.92 Å². The third kappa shape index (κ3) is 2.90. The van der Waals surface area contributed by atoms with E-state index in [9.17, 15) is 4.79 Å². The minimum atomic E-state index is -0.656. The first-order chi connectivity index (χ1) is 7.69. The molecule has 0 spiro atoms. The Labute approximate surface area is 91.1 Å².